The smallest absolute Gasteiger partial charge is 0.335 e. The van der Waals surface area contributed by atoms with Crippen molar-refractivity contribution in [3.63, 3.8) is 0 Å². The summed E-state index contributed by atoms with van der Waals surface area (Å²) < 4.78 is 5.76. The van der Waals surface area contributed by atoms with Crippen molar-refractivity contribution in [2.75, 3.05) is 13.1 Å². The molecule has 0 aliphatic carbocycles. The summed E-state index contributed by atoms with van der Waals surface area (Å²) in [5.41, 5.74) is 1.49. The second-order valence-corrected chi connectivity index (χ2v) is 6.13. The summed E-state index contributed by atoms with van der Waals surface area (Å²) in [4.78, 5) is 28.9. The zero-order chi connectivity index (χ0) is 19.2. The largest absolute Gasteiger partial charge is 0.478 e. The number of likely N-dealkylation sites (tertiary alicyclic amines) is 1. The molecule has 8 heteroatoms. The summed E-state index contributed by atoms with van der Waals surface area (Å²) in [6.45, 7) is 1.34. The van der Waals surface area contributed by atoms with E-state index < -0.39 is 5.97 Å². The van der Waals surface area contributed by atoms with Gasteiger partial charge < -0.3 is 20.1 Å². The fourth-order valence-corrected chi connectivity index (χ4v) is 2.75. The molecule has 1 fully saturated rings. The van der Waals surface area contributed by atoms with Crippen LogP contribution in [0.4, 0.5) is 4.79 Å². The minimum Gasteiger partial charge on any atom is -0.478 e. The lowest BCUT2D eigenvalue weighted by Crippen LogP contribution is -2.39. The molecule has 138 valence electrons. The number of carboxylic acids is 1. The number of amides is 2. The number of nitriles is 1. The molecule has 1 saturated heterocycles. The van der Waals surface area contributed by atoms with E-state index in [1.165, 1.54) is 18.3 Å². The Morgan fingerprint density at radius 3 is 2.70 bits per heavy atom. The van der Waals surface area contributed by atoms with Gasteiger partial charge in [0.25, 0.3) is 0 Å². The van der Waals surface area contributed by atoms with E-state index in [2.05, 4.69) is 10.3 Å². The molecular formula is C19H18N4O4. The highest BCUT2D eigenvalue weighted by molar-refractivity contribution is 5.87. The minimum atomic E-state index is -0.981. The zero-order valence-corrected chi connectivity index (χ0v) is 14.5. The summed E-state index contributed by atoms with van der Waals surface area (Å²) in [6.07, 6.45) is 2.00. The quantitative estimate of drug-likeness (QED) is 0.836. The summed E-state index contributed by atoms with van der Waals surface area (Å²) in [6, 6.07) is 11.4. The Balaban J connectivity index is 1.47. The van der Waals surface area contributed by atoms with Crippen molar-refractivity contribution in [1.29, 1.82) is 5.26 Å². The standard InChI is InChI=1S/C19H18N4O4/c20-9-14-3-6-17(21-11-14)27-16-7-8-23(12-16)19(26)22-10-13-1-4-15(5-2-13)18(24)25/h1-6,11,16H,7-8,10,12H2,(H,22,26)(H,24,25). The summed E-state index contributed by atoms with van der Waals surface area (Å²) in [5, 5.41) is 20.5. The van der Waals surface area contributed by atoms with Gasteiger partial charge in [0.05, 0.1) is 17.7 Å². The number of aromatic nitrogens is 1. The number of rotatable bonds is 5. The Bertz CT molecular complexity index is 859. The van der Waals surface area contributed by atoms with Gasteiger partial charge in [-0.1, -0.05) is 12.1 Å². The molecule has 1 aliphatic heterocycles. The number of hydrogen-bond donors (Lipinski definition) is 2. The maximum absolute atomic E-state index is 12.3. The van der Waals surface area contributed by atoms with Crippen molar-refractivity contribution in [2.45, 2.75) is 19.1 Å². The highest BCUT2D eigenvalue weighted by Crippen LogP contribution is 2.17. The Kier molecular flexibility index (Phi) is 5.52. The summed E-state index contributed by atoms with van der Waals surface area (Å²) >= 11 is 0. The predicted molar refractivity (Wildman–Crippen MR) is 95.2 cm³/mol. The fourth-order valence-electron chi connectivity index (χ4n) is 2.75. The maximum Gasteiger partial charge on any atom is 0.335 e. The van der Waals surface area contributed by atoms with Crippen molar-refractivity contribution in [3.05, 3.63) is 59.3 Å². The molecule has 1 aromatic carbocycles. The average Bonchev–Trinajstić information content (AvgIpc) is 3.15. The lowest BCUT2D eigenvalue weighted by atomic mass is 10.1. The van der Waals surface area contributed by atoms with Gasteiger partial charge in [0.2, 0.25) is 5.88 Å². The number of benzene rings is 1. The number of carbonyl (C=O) groups is 2. The van der Waals surface area contributed by atoms with Gasteiger partial charge in [0, 0.05) is 31.8 Å². The molecule has 0 saturated carbocycles. The topological polar surface area (TPSA) is 116 Å². The van der Waals surface area contributed by atoms with Crippen LogP contribution in [0.3, 0.4) is 0 Å². The molecule has 2 heterocycles. The molecule has 1 aliphatic rings. The Labute approximate surface area is 156 Å². The van der Waals surface area contributed by atoms with Crippen LogP contribution in [0.25, 0.3) is 0 Å². The zero-order valence-electron chi connectivity index (χ0n) is 14.5. The van der Waals surface area contributed by atoms with Gasteiger partial charge in [-0.25, -0.2) is 14.6 Å². The van der Waals surface area contributed by atoms with Gasteiger partial charge in [-0.15, -0.1) is 0 Å². The Hall–Kier alpha value is -3.60. The number of nitrogens with one attached hydrogen (secondary N) is 1. The van der Waals surface area contributed by atoms with E-state index in [9.17, 15) is 9.59 Å². The van der Waals surface area contributed by atoms with Crippen molar-refractivity contribution >= 4 is 12.0 Å². The third-order valence-corrected chi connectivity index (χ3v) is 4.23. The first-order valence-electron chi connectivity index (χ1n) is 8.43. The van der Waals surface area contributed by atoms with Crippen molar-refractivity contribution < 1.29 is 19.4 Å². The molecule has 2 aromatic rings. The first kappa shape index (κ1) is 18.2. The lowest BCUT2D eigenvalue weighted by Gasteiger charge is -2.17. The minimum absolute atomic E-state index is 0.147. The molecule has 2 amide bonds. The van der Waals surface area contributed by atoms with E-state index in [0.717, 1.165) is 5.56 Å². The third kappa shape index (κ3) is 4.73. The van der Waals surface area contributed by atoms with Crippen LogP contribution in [0.15, 0.2) is 42.6 Å². The number of hydrogen-bond acceptors (Lipinski definition) is 5. The molecule has 2 N–H and O–H groups in total. The molecule has 0 radical (unpaired) electrons. The van der Waals surface area contributed by atoms with Crippen LogP contribution < -0.4 is 10.1 Å². The molecule has 1 atom stereocenters. The molecule has 1 aromatic heterocycles. The van der Waals surface area contributed by atoms with Gasteiger partial charge >= 0.3 is 12.0 Å². The van der Waals surface area contributed by atoms with Gasteiger partial charge in [0.1, 0.15) is 12.2 Å². The van der Waals surface area contributed by atoms with Crippen molar-refractivity contribution in [1.82, 2.24) is 15.2 Å². The van der Waals surface area contributed by atoms with Crippen LogP contribution in [-0.2, 0) is 6.54 Å². The third-order valence-electron chi connectivity index (χ3n) is 4.23. The summed E-state index contributed by atoms with van der Waals surface area (Å²) in [7, 11) is 0. The normalized spacial score (nSPS) is 15.8. The van der Waals surface area contributed by atoms with Gasteiger partial charge in [-0.05, 0) is 23.8 Å². The number of carbonyl (C=O) groups excluding carboxylic acids is 1. The van der Waals surface area contributed by atoms with E-state index in [1.54, 1.807) is 29.2 Å². The number of nitrogens with zero attached hydrogens (tertiary/aromatic N) is 3. The van der Waals surface area contributed by atoms with Crippen LogP contribution >= 0.6 is 0 Å². The van der Waals surface area contributed by atoms with Gasteiger partial charge in [-0.2, -0.15) is 5.26 Å². The molecule has 8 nitrogen and oxygen atoms in total. The van der Waals surface area contributed by atoms with E-state index >= 15 is 0 Å². The second kappa shape index (κ2) is 8.19. The summed E-state index contributed by atoms with van der Waals surface area (Å²) in [5.74, 6) is -0.551. The monoisotopic (exact) mass is 366 g/mol. The molecule has 0 bridgehead atoms. The number of ether oxygens (including phenoxy) is 1. The van der Waals surface area contributed by atoms with Gasteiger partial charge in [-0.3, -0.25) is 0 Å². The van der Waals surface area contributed by atoms with E-state index in [1.807, 2.05) is 6.07 Å². The molecule has 27 heavy (non-hydrogen) atoms. The fraction of sp³-hybridized carbons (Fsp3) is 0.263. The highest BCUT2D eigenvalue weighted by atomic mass is 16.5. The predicted octanol–water partition coefficient (Wildman–Crippen LogP) is 2.01. The van der Waals surface area contributed by atoms with Crippen LogP contribution in [0.1, 0.15) is 27.9 Å². The van der Waals surface area contributed by atoms with Gasteiger partial charge in [0.15, 0.2) is 0 Å². The van der Waals surface area contributed by atoms with Crippen molar-refractivity contribution in [2.24, 2.45) is 0 Å². The van der Waals surface area contributed by atoms with E-state index in [0.29, 0.717) is 37.5 Å². The van der Waals surface area contributed by atoms with Crippen LogP contribution in [0.2, 0.25) is 0 Å². The van der Waals surface area contributed by atoms with Crippen LogP contribution in [0.5, 0.6) is 5.88 Å². The van der Waals surface area contributed by atoms with E-state index in [-0.39, 0.29) is 17.7 Å². The molecule has 3 rings (SSSR count). The number of urea groups is 1. The molecular weight excluding hydrogens is 348 g/mol. The molecule has 1 unspecified atom stereocenters. The average molecular weight is 366 g/mol. The number of carboxylic acid groups (broad SMARTS) is 1. The number of pyridine rings is 1. The SMILES string of the molecule is N#Cc1ccc(OC2CCN(C(=O)NCc3ccc(C(=O)O)cc3)C2)nc1. The van der Waals surface area contributed by atoms with E-state index in [4.69, 9.17) is 15.1 Å². The molecule has 0 spiro atoms. The maximum atomic E-state index is 12.3. The van der Waals surface area contributed by atoms with Crippen molar-refractivity contribution in [3.8, 4) is 11.9 Å². The highest BCUT2D eigenvalue weighted by Gasteiger charge is 2.27. The second-order valence-electron chi connectivity index (χ2n) is 6.13. The van der Waals surface area contributed by atoms with Crippen LogP contribution in [-0.4, -0.2) is 46.2 Å². The first-order chi connectivity index (χ1) is 13.0. The first-order valence-corrected chi connectivity index (χ1v) is 8.43. The Morgan fingerprint density at radius 2 is 2.07 bits per heavy atom. The lowest BCUT2D eigenvalue weighted by molar-refractivity contribution is 0.0697. The van der Waals surface area contributed by atoms with Crippen LogP contribution in [0, 0.1) is 11.3 Å². The Morgan fingerprint density at radius 1 is 1.30 bits per heavy atom. The number of aromatic carboxylic acids is 1.